The van der Waals surface area contributed by atoms with Gasteiger partial charge in [-0.3, -0.25) is 4.40 Å². The molecule has 0 unspecified atom stereocenters. The number of hydrogen-bond acceptors (Lipinski definition) is 1. The highest BCUT2D eigenvalue weighted by atomic mass is 15.0. The molecule has 0 fully saturated rings. The molecule has 0 spiro atoms. The van der Waals surface area contributed by atoms with E-state index in [9.17, 15) is 0 Å². The molecule has 2 heteroatoms. The van der Waals surface area contributed by atoms with Crippen molar-refractivity contribution < 1.29 is 0 Å². The van der Waals surface area contributed by atoms with Crippen molar-refractivity contribution in [3.63, 3.8) is 0 Å². The molecular formula is C13H9N2. The maximum Gasteiger partial charge on any atom is 0.145 e. The molecule has 71 valence electrons. The molecule has 1 radical (unpaired) electrons. The molecule has 2 heterocycles. The minimum Gasteiger partial charge on any atom is -0.299 e. The van der Waals surface area contributed by atoms with Crippen LogP contribution in [0.25, 0.3) is 16.9 Å². The molecule has 0 saturated carbocycles. The first-order valence-corrected chi connectivity index (χ1v) is 4.84. The van der Waals surface area contributed by atoms with Gasteiger partial charge >= 0.3 is 0 Å². The molecule has 1 aromatic carbocycles. The van der Waals surface area contributed by atoms with E-state index in [0.29, 0.717) is 0 Å². The Bertz CT molecular complexity index is 582. The second kappa shape index (κ2) is 3.24. The Morgan fingerprint density at radius 1 is 1.07 bits per heavy atom. The molecule has 0 aliphatic heterocycles. The average molecular weight is 193 g/mol. The Morgan fingerprint density at radius 2 is 1.93 bits per heavy atom. The van der Waals surface area contributed by atoms with E-state index in [1.807, 2.05) is 40.9 Å². The summed E-state index contributed by atoms with van der Waals surface area (Å²) in [6.07, 6.45) is 3.74. The molecule has 2 nitrogen and oxygen atoms in total. The molecule has 3 aromatic rings. The highest BCUT2D eigenvalue weighted by molar-refractivity contribution is 5.62. The smallest absolute Gasteiger partial charge is 0.145 e. The standard InChI is InChI=1S/C13H9N2/c1-2-5-11(6-3-1)12-7-4-8-13-14-9-10-15(12)13/h1-7,9-10H. The Kier molecular flexibility index (Phi) is 1.78. The van der Waals surface area contributed by atoms with Gasteiger partial charge in [-0.1, -0.05) is 30.3 Å². The molecule has 0 aliphatic rings. The number of nitrogens with zero attached hydrogens (tertiary/aromatic N) is 2. The fourth-order valence-electron chi connectivity index (χ4n) is 1.72. The summed E-state index contributed by atoms with van der Waals surface area (Å²) in [6, 6.07) is 17.3. The van der Waals surface area contributed by atoms with E-state index in [-0.39, 0.29) is 0 Å². The van der Waals surface area contributed by atoms with Crippen molar-refractivity contribution in [2.75, 3.05) is 0 Å². The van der Waals surface area contributed by atoms with Crippen LogP contribution in [-0.4, -0.2) is 9.38 Å². The zero-order valence-corrected chi connectivity index (χ0v) is 8.09. The minimum atomic E-state index is 0.858. The Labute approximate surface area is 87.8 Å². The fraction of sp³-hybridized carbons (Fsp3) is 0. The van der Waals surface area contributed by atoms with Crippen LogP contribution in [-0.2, 0) is 0 Å². The Hall–Kier alpha value is -2.09. The molecule has 0 bridgehead atoms. The third-order valence-corrected chi connectivity index (χ3v) is 2.42. The topological polar surface area (TPSA) is 17.3 Å². The van der Waals surface area contributed by atoms with Gasteiger partial charge in [0.1, 0.15) is 5.65 Å². The quantitative estimate of drug-likeness (QED) is 0.581. The Morgan fingerprint density at radius 3 is 2.80 bits per heavy atom. The zero-order chi connectivity index (χ0) is 10.1. The summed E-state index contributed by atoms with van der Waals surface area (Å²) in [5.41, 5.74) is 3.19. The summed E-state index contributed by atoms with van der Waals surface area (Å²) in [5.74, 6) is 0. The predicted octanol–water partition coefficient (Wildman–Crippen LogP) is 2.80. The minimum absolute atomic E-state index is 0.858. The SMILES string of the molecule is [c]1ccc(-c2ccccc2)n2ccnc12. The van der Waals surface area contributed by atoms with Crippen LogP contribution < -0.4 is 0 Å². The molecule has 0 saturated heterocycles. The monoisotopic (exact) mass is 193 g/mol. The van der Waals surface area contributed by atoms with Crippen molar-refractivity contribution >= 4 is 5.65 Å². The normalized spacial score (nSPS) is 10.7. The van der Waals surface area contributed by atoms with Crippen molar-refractivity contribution in [2.24, 2.45) is 0 Å². The Balaban J connectivity index is 2.31. The van der Waals surface area contributed by atoms with E-state index in [2.05, 4.69) is 23.2 Å². The van der Waals surface area contributed by atoms with Crippen LogP contribution in [0.2, 0.25) is 0 Å². The second-order valence-electron chi connectivity index (χ2n) is 3.35. The first-order chi connectivity index (χ1) is 7.45. The number of imidazole rings is 1. The van der Waals surface area contributed by atoms with Gasteiger partial charge in [-0.25, -0.2) is 4.98 Å². The highest BCUT2D eigenvalue weighted by Crippen LogP contribution is 2.19. The first-order valence-electron chi connectivity index (χ1n) is 4.84. The average Bonchev–Trinajstić information content (AvgIpc) is 2.78. The molecule has 0 amide bonds. The fourth-order valence-corrected chi connectivity index (χ4v) is 1.72. The number of hydrogen-bond donors (Lipinski definition) is 0. The van der Waals surface area contributed by atoms with Gasteiger partial charge in [0, 0.05) is 18.5 Å². The maximum absolute atomic E-state index is 4.21. The van der Waals surface area contributed by atoms with Crippen molar-refractivity contribution in [1.82, 2.24) is 9.38 Å². The van der Waals surface area contributed by atoms with Gasteiger partial charge in [-0.15, -0.1) is 0 Å². The van der Waals surface area contributed by atoms with E-state index in [0.717, 1.165) is 11.3 Å². The van der Waals surface area contributed by atoms with E-state index in [4.69, 9.17) is 0 Å². The number of fused-ring (bicyclic) bond motifs is 1. The maximum atomic E-state index is 4.21. The van der Waals surface area contributed by atoms with Crippen LogP contribution in [0.5, 0.6) is 0 Å². The number of rotatable bonds is 1. The van der Waals surface area contributed by atoms with Crippen LogP contribution in [0.1, 0.15) is 0 Å². The number of aromatic nitrogens is 2. The second-order valence-corrected chi connectivity index (χ2v) is 3.35. The third-order valence-electron chi connectivity index (χ3n) is 2.42. The highest BCUT2D eigenvalue weighted by Gasteiger charge is 2.01. The van der Waals surface area contributed by atoms with E-state index >= 15 is 0 Å². The van der Waals surface area contributed by atoms with Gasteiger partial charge in [0.05, 0.1) is 5.69 Å². The van der Waals surface area contributed by atoms with Gasteiger partial charge in [0.2, 0.25) is 0 Å². The molecule has 0 N–H and O–H groups in total. The van der Waals surface area contributed by atoms with Crippen LogP contribution >= 0.6 is 0 Å². The largest absolute Gasteiger partial charge is 0.299 e. The first kappa shape index (κ1) is 8.24. The van der Waals surface area contributed by atoms with Crippen molar-refractivity contribution in [3.05, 3.63) is 60.9 Å². The molecule has 3 rings (SSSR count). The van der Waals surface area contributed by atoms with Gasteiger partial charge in [-0.2, -0.15) is 0 Å². The van der Waals surface area contributed by atoms with E-state index < -0.39 is 0 Å². The predicted molar refractivity (Wildman–Crippen MR) is 59.5 cm³/mol. The molecule has 0 aliphatic carbocycles. The van der Waals surface area contributed by atoms with Crippen LogP contribution in [0.4, 0.5) is 0 Å². The lowest BCUT2D eigenvalue weighted by molar-refractivity contribution is 1.19. The van der Waals surface area contributed by atoms with Gasteiger partial charge in [0.15, 0.2) is 0 Å². The lowest BCUT2D eigenvalue weighted by Crippen LogP contribution is -1.89. The van der Waals surface area contributed by atoms with Gasteiger partial charge in [0.25, 0.3) is 0 Å². The summed E-state index contributed by atoms with van der Waals surface area (Å²) in [4.78, 5) is 4.21. The van der Waals surface area contributed by atoms with Crippen molar-refractivity contribution in [2.45, 2.75) is 0 Å². The van der Waals surface area contributed by atoms with E-state index in [1.54, 1.807) is 6.20 Å². The molecular weight excluding hydrogens is 184 g/mol. The molecule has 0 atom stereocenters. The zero-order valence-electron chi connectivity index (χ0n) is 8.09. The summed E-state index contributed by atoms with van der Waals surface area (Å²) < 4.78 is 2.04. The summed E-state index contributed by atoms with van der Waals surface area (Å²) in [6.45, 7) is 0. The van der Waals surface area contributed by atoms with Gasteiger partial charge in [-0.05, 0) is 17.7 Å². The van der Waals surface area contributed by atoms with Crippen LogP contribution in [0, 0.1) is 6.07 Å². The lowest BCUT2D eigenvalue weighted by atomic mass is 10.1. The third kappa shape index (κ3) is 1.31. The van der Waals surface area contributed by atoms with Crippen LogP contribution in [0.15, 0.2) is 54.9 Å². The molecule has 2 aromatic heterocycles. The van der Waals surface area contributed by atoms with Crippen molar-refractivity contribution in [3.8, 4) is 11.3 Å². The molecule has 15 heavy (non-hydrogen) atoms. The number of benzene rings is 1. The summed E-state index contributed by atoms with van der Waals surface area (Å²) in [5, 5.41) is 0. The summed E-state index contributed by atoms with van der Waals surface area (Å²) in [7, 11) is 0. The van der Waals surface area contributed by atoms with Crippen molar-refractivity contribution in [1.29, 1.82) is 0 Å². The summed E-state index contributed by atoms with van der Waals surface area (Å²) >= 11 is 0. The van der Waals surface area contributed by atoms with E-state index in [1.165, 1.54) is 5.56 Å². The number of pyridine rings is 1. The van der Waals surface area contributed by atoms with Crippen LogP contribution in [0.3, 0.4) is 0 Å². The lowest BCUT2D eigenvalue weighted by Gasteiger charge is -2.04. The van der Waals surface area contributed by atoms with Gasteiger partial charge < -0.3 is 0 Å².